The summed E-state index contributed by atoms with van der Waals surface area (Å²) in [6, 6.07) is 0.873. The molecule has 0 aliphatic carbocycles. The molecule has 2 atom stereocenters. The number of nitrogens with two attached hydrogens (primary N) is 1. The van der Waals surface area contributed by atoms with Gasteiger partial charge in [-0.2, -0.15) is 0 Å². The van der Waals surface area contributed by atoms with E-state index in [1.54, 1.807) is 0 Å². The average molecular weight is 237 g/mol. The lowest BCUT2D eigenvalue weighted by Gasteiger charge is -2.51. The zero-order valence-electron chi connectivity index (χ0n) is 11.0. The topological polar surface area (TPSA) is 32.5 Å². The van der Waals surface area contributed by atoms with E-state index >= 15 is 0 Å². The molecule has 17 heavy (non-hydrogen) atoms. The third kappa shape index (κ3) is 2.51. The zero-order chi connectivity index (χ0) is 11.7. The predicted molar refractivity (Wildman–Crippen MR) is 70.9 cm³/mol. The van der Waals surface area contributed by atoms with Gasteiger partial charge in [-0.3, -0.25) is 4.90 Å². The number of nitrogens with zero attached hydrogens (tertiary/aromatic N) is 2. The molecule has 0 spiro atoms. The van der Waals surface area contributed by atoms with Gasteiger partial charge in [0, 0.05) is 19.1 Å². The molecule has 0 aromatic carbocycles. The van der Waals surface area contributed by atoms with Crippen LogP contribution in [0, 0.1) is 11.8 Å². The van der Waals surface area contributed by atoms with E-state index in [4.69, 9.17) is 5.73 Å². The zero-order valence-corrected chi connectivity index (χ0v) is 11.0. The summed E-state index contributed by atoms with van der Waals surface area (Å²) in [7, 11) is 0. The van der Waals surface area contributed by atoms with Crippen LogP contribution >= 0.6 is 0 Å². The fourth-order valence-corrected chi connectivity index (χ4v) is 4.22. The second-order valence-electron chi connectivity index (χ2n) is 6.29. The van der Waals surface area contributed by atoms with Gasteiger partial charge < -0.3 is 10.6 Å². The summed E-state index contributed by atoms with van der Waals surface area (Å²) in [6.45, 7) is 7.61. The molecular weight excluding hydrogens is 210 g/mol. The van der Waals surface area contributed by atoms with Crippen molar-refractivity contribution in [1.29, 1.82) is 0 Å². The van der Waals surface area contributed by atoms with Gasteiger partial charge in [-0.05, 0) is 70.1 Å². The maximum Gasteiger partial charge on any atom is 0.0252 e. The van der Waals surface area contributed by atoms with E-state index in [1.807, 2.05) is 0 Å². The molecule has 0 aromatic rings. The Morgan fingerprint density at radius 3 is 2.47 bits per heavy atom. The number of fused-ring (bicyclic) bond motifs is 3. The third-order valence-electron chi connectivity index (χ3n) is 5.22. The van der Waals surface area contributed by atoms with Gasteiger partial charge in [0.2, 0.25) is 0 Å². The highest BCUT2D eigenvalue weighted by Gasteiger charge is 2.38. The first kappa shape index (κ1) is 11.9. The van der Waals surface area contributed by atoms with E-state index in [2.05, 4.69) is 9.80 Å². The Bertz CT molecular complexity index is 246. The molecule has 4 fully saturated rings. The lowest BCUT2D eigenvalue weighted by molar-refractivity contribution is -0.0128. The highest BCUT2D eigenvalue weighted by atomic mass is 15.3. The minimum atomic E-state index is 0.873. The molecule has 2 unspecified atom stereocenters. The van der Waals surface area contributed by atoms with Crippen molar-refractivity contribution < 1.29 is 0 Å². The summed E-state index contributed by atoms with van der Waals surface area (Å²) in [5.74, 6) is 1.88. The number of hydrogen-bond donors (Lipinski definition) is 1. The third-order valence-corrected chi connectivity index (χ3v) is 5.22. The van der Waals surface area contributed by atoms with Crippen molar-refractivity contribution >= 4 is 0 Å². The van der Waals surface area contributed by atoms with Crippen LogP contribution in [-0.4, -0.2) is 55.1 Å². The van der Waals surface area contributed by atoms with Gasteiger partial charge in [0.15, 0.2) is 0 Å². The van der Waals surface area contributed by atoms with Crippen molar-refractivity contribution in [2.75, 3.05) is 39.3 Å². The van der Waals surface area contributed by atoms with Crippen LogP contribution in [0.3, 0.4) is 0 Å². The molecule has 0 saturated carbocycles. The fourth-order valence-electron chi connectivity index (χ4n) is 4.22. The van der Waals surface area contributed by atoms with Gasteiger partial charge >= 0.3 is 0 Å². The van der Waals surface area contributed by atoms with Crippen molar-refractivity contribution in [3.05, 3.63) is 0 Å². The van der Waals surface area contributed by atoms with Crippen LogP contribution in [0.2, 0.25) is 0 Å². The molecule has 3 nitrogen and oxygen atoms in total. The first-order chi connectivity index (χ1) is 8.36. The molecular formula is C14H27N3. The molecule has 98 valence electrons. The van der Waals surface area contributed by atoms with E-state index < -0.39 is 0 Å². The minimum absolute atomic E-state index is 0.873. The molecule has 4 aliphatic rings. The molecule has 0 amide bonds. The van der Waals surface area contributed by atoms with Gasteiger partial charge in [-0.1, -0.05) is 0 Å². The Kier molecular flexibility index (Phi) is 3.69. The second kappa shape index (κ2) is 5.25. The van der Waals surface area contributed by atoms with Crippen LogP contribution in [0.5, 0.6) is 0 Å². The van der Waals surface area contributed by atoms with Gasteiger partial charge in [0.1, 0.15) is 0 Å². The molecule has 4 rings (SSSR count). The average Bonchev–Trinajstić information content (AvgIpc) is 2.41. The maximum absolute atomic E-state index is 5.72. The maximum atomic E-state index is 5.72. The first-order valence-corrected chi connectivity index (χ1v) is 7.53. The van der Waals surface area contributed by atoms with Gasteiger partial charge in [-0.15, -0.1) is 0 Å². The van der Waals surface area contributed by atoms with E-state index in [1.165, 1.54) is 64.8 Å². The van der Waals surface area contributed by atoms with E-state index in [9.17, 15) is 0 Å². The normalized spacial score (nSPS) is 42.9. The molecule has 0 aromatic heterocycles. The summed E-state index contributed by atoms with van der Waals surface area (Å²) in [5.41, 5.74) is 5.72. The molecule has 4 heterocycles. The molecule has 2 N–H and O–H groups in total. The Morgan fingerprint density at radius 1 is 1.00 bits per heavy atom. The number of hydrogen-bond acceptors (Lipinski definition) is 3. The van der Waals surface area contributed by atoms with Crippen LogP contribution in [0.25, 0.3) is 0 Å². The van der Waals surface area contributed by atoms with Crippen LogP contribution in [0.4, 0.5) is 0 Å². The van der Waals surface area contributed by atoms with Gasteiger partial charge in [0.25, 0.3) is 0 Å². The summed E-state index contributed by atoms with van der Waals surface area (Å²) in [4.78, 5) is 5.48. The monoisotopic (exact) mass is 237 g/mol. The van der Waals surface area contributed by atoms with Crippen LogP contribution < -0.4 is 5.73 Å². The first-order valence-electron chi connectivity index (χ1n) is 7.53. The molecule has 4 aliphatic heterocycles. The van der Waals surface area contributed by atoms with Crippen molar-refractivity contribution in [2.45, 2.75) is 38.1 Å². The van der Waals surface area contributed by atoms with Crippen LogP contribution in [0.15, 0.2) is 0 Å². The minimum Gasteiger partial charge on any atom is -0.330 e. The predicted octanol–water partition coefficient (Wildman–Crippen LogP) is 1.14. The largest absolute Gasteiger partial charge is 0.330 e. The lowest BCUT2D eigenvalue weighted by atomic mass is 9.81. The van der Waals surface area contributed by atoms with Gasteiger partial charge in [-0.25, -0.2) is 0 Å². The van der Waals surface area contributed by atoms with Crippen molar-refractivity contribution in [2.24, 2.45) is 17.6 Å². The van der Waals surface area contributed by atoms with E-state index in [-0.39, 0.29) is 0 Å². The lowest BCUT2D eigenvalue weighted by Crippen LogP contribution is -2.59. The Balaban J connectivity index is 1.60. The smallest absolute Gasteiger partial charge is 0.0252 e. The summed E-state index contributed by atoms with van der Waals surface area (Å²) < 4.78 is 0. The second-order valence-corrected chi connectivity index (χ2v) is 6.29. The highest BCUT2D eigenvalue weighted by molar-refractivity contribution is 4.93. The standard InChI is InChI=1S/C14H27N3/c15-6-3-12-2-1-7-17(10-12)14-11-16-8-4-13(14)5-9-16/h12-14H,1-11,15H2. The van der Waals surface area contributed by atoms with Crippen LogP contribution in [-0.2, 0) is 0 Å². The van der Waals surface area contributed by atoms with Crippen molar-refractivity contribution in [1.82, 2.24) is 9.80 Å². The quantitative estimate of drug-likeness (QED) is 0.799. The van der Waals surface area contributed by atoms with E-state index in [0.717, 1.165) is 24.4 Å². The highest BCUT2D eigenvalue weighted by Crippen LogP contribution is 2.33. The molecule has 4 saturated heterocycles. The summed E-state index contributed by atoms with van der Waals surface area (Å²) in [6.07, 6.45) is 6.94. The molecule has 0 radical (unpaired) electrons. The van der Waals surface area contributed by atoms with Gasteiger partial charge in [0.05, 0.1) is 0 Å². The molecule has 3 heteroatoms. The number of piperidine rings is 4. The number of rotatable bonds is 3. The Labute approximate surface area is 105 Å². The van der Waals surface area contributed by atoms with E-state index in [0.29, 0.717) is 0 Å². The SMILES string of the molecule is NCCC1CCCN(C2CN3CCC2CC3)C1. The summed E-state index contributed by atoms with van der Waals surface area (Å²) >= 11 is 0. The van der Waals surface area contributed by atoms with Crippen molar-refractivity contribution in [3.8, 4) is 0 Å². The molecule has 2 bridgehead atoms. The fraction of sp³-hybridized carbons (Fsp3) is 1.00. The van der Waals surface area contributed by atoms with Crippen LogP contribution in [0.1, 0.15) is 32.1 Å². The summed E-state index contributed by atoms with van der Waals surface area (Å²) in [5, 5.41) is 0. The number of likely N-dealkylation sites (tertiary alicyclic amines) is 1. The Morgan fingerprint density at radius 2 is 1.82 bits per heavy atom. The Hall–Kier alpha value is -0.120. The van der Waals surface area contributed by atoms with Crippen molar-refractivity contribution in [3.63, 3.8) is 0 Å².